The molecule has 2 rings (SSSR count). The van der Waals surface area contributed by atoms with E-state index in [1.807, 2.05) is 13.0 Å². The minimum atomic E-state index is -3.67. The Kier molecular flexibility index (Phi) is 4.85. The maximum atomic E-state index is 12.4. The number of anilines is 1. The van der Waals surface area contributed by atoms with Crippen LogP contribution in [0, 0.1) is 0 Å². The van der Waals surface area contributed by atoms with Crippen LogP contribution in [-0.2, 0) is 23.1 Å². The SMILES string of the molecule is CCc1cc(Br)ccc1NS(=O)(=O)c1ccsc1CO. The number of aliphatic hydroxyl groups is 1. The van der Waals surface area contributed by atoms with Crippen molar-refractivity contribution >= 4 is 43.0 Å². The molecule has 1 aromatic heterocycles. The lowest BCUT2D eigenvalue weighted by atomic mass is 10.1. The second-order valence-corrected chi connectivity index (χ2v) is 7.69. The van der Waals surface area contributed by atoms with E-state index in [1.54, 1.807) is 17.5 Å². The number of thiophene rings is 1. The molecule has 0 unspecified atom stereocenters. The van der Waals surface area contributed by atoms with Gasteiger partial charge in [-0.25, -0.2) is 8.42 Å². The van der Waals surface area contributed by atoms with Gasteiger partial charge in [0.25, 0.3) is 10.0 Å². The fourth-order valence-electron chi connectivity index (χ4n) is 1.84. The third-order valence-electron chi connectivity index (χ3n) is 2.83. The highest BCUT2D eigenvalue weighted by Gasteiger charge is 2.20. The highest BCUT2D eigenvalue weighted by atomic mass is 79.9. The van der Waals surface area contributed by atoms with E-state index in [0.29, 0.717) is 17.0 Å². The van der Waals surface area contributed by atoms with Crippen molar-refractivity contribution in [2.45, 2.75) is 24.8 Å². The van der Waals surface area contributed by atoms with Crippen molar-refractivity contribution in [3.8, 4) is 0 Å². The van der Waals surface area contributed by atoms with Gasteiger partial charge in [0.15, 0.2) is 0 Å². The van der Waals surface area contributed by atoms with Gasteiger partial charge in [-0.3, -0.25) is 4.72 Å². The van der Waals surface area contributed by atoms with Crippen molar-refractivity contribution in [1.29, 1.82) is 0 Å². The molecule has 0 aliphatic heterocycles. The number of benzene rings is 1. The number of hydrogen-bond acceptors (Lipinski definition) is 4. The van der Waals surface area contributed by atoms with Gasteiger partial charge in [-0.1, -0.05) is 22.9 Å². The van der Waals surface area contributed by atoms with E-state index in [9.17, 15) is 13.5 Å². The Bertz CT molecular complexity index is 710. The van der Waals surface area contributed by atoms with Crippen molar-refractivity contribution in [2.75, 3.05) is 4.72 Å². The lowest BCUT2D eigenvalue weighted by Crippen LogP contribution is -2.15. The molecule has 1 heterocycles. The van der Waals surface area contributed by atoms with Crippen molar-refractivity contribution in [1.82, 2.24) is 0 Å². The first-order valence-electron chi connectivity index (χ1n) is 5.96. The van der Waals surface area contributed by atoms with Crippen LogP contribution in [0.5, 0.6) is 0 Å². The monoisotopic (exact) mass is 375 g/mol. The van der Waals surface area contributed by atoms with Crippen LogP contribution in [-0.4, -0.2) is 13.5 Å². The fourth-order valence-corrected chi connectivity index (χ4v) is 4.64. The van der Waals surface area contributed by atoms with E-state index in [4.69, 9.17) is 0 Å². The summed E-state index contributed by atoms with van der Waals surface area (Å²) in [6.45, 7) is 1.68. The molecular formula is C13H14BrNO3S2. The number of aliphatic hydroxyl groups excluding tert-OH is 1. The number of hydrogen-bond donors (Lipinski definition) is 2. The molecule has 0 fully saturated rings. The first-order chi connectivity index (χ1) is 9.47. The molecule has 0 aliphatic carbocycles. The van der Waals surface area contributed by atoms with Gasteiger partial charge in [-0.15, -0.1) is 11.3 Å². The number of rotatable bonds is 5. The Morgan fingerprint density at radius 2 is 2.10 bits per heavy atom. The second kappa shape index (κ2) is 6.26. The highest BCUT2D eigenvalue weighted by Crippen LogP contribution is 2.27. The average molecular weight is 376 g/mol. The largest absolute Gasteiger partial charge is 0.391 e. The minimum Gasteiger partial charge on any atom is -0.391 e. The molecule has 0 spiro atoms. The van der Waals surface area contributed by atoms with Gasteiger partial charge < -0.3 is 5.11 Å². The molecule has 0 bridgehead atoms. The van der Waals surface area contributed by atoms with E-state index in [2.05, 4.69) is 20.7 Å². The zero-order valence-electron chi connectivity index (χ0n) is 10.8. The van der Waals surface area contributed by atoms with E-state index in [0.717, 1.165) is 10.0 Å². The summed E-state index contributed by atoms with van der Waals surface area (Å²) in [6.07, 6.45) is 0.716. The van der Waals surface area contributed by atoms with E-state index < -0.39 is 10.0 Å². The smallest absolute Gasteiger partial charge is 0.263 e. The summed E-state index contributed by atoms with van der Waals surface area (Å²) < 4.78 is 28.2. The molecule has 0 saturated heterocycles. The molecule has 7 heteroatoms. The zero-order chi connectivity index (χ0) is 14.8. The van der Waals surface area contributed by atoms with Crippen LogP contribution in [0.25, 0.3) is 0 Å². The Balaban J connectivity index is 2.38. The lowest BCUT2D eigenvalue weighted by molar-refractivity contribution is 0.282. The summed E-state index contributed by atoms with van der Waals surface area (Å²) in [7, 11) is -3.67. The van der Waals surface area contributed by atoms with Crippen molar-refractivity contribution in [3.05, 3.63) is 44.6 Å². The predicted octanol–water partition coefficient (Wildman–Crippen LogP) is 3.37. The molecular weight excluding hydrogens is 362 g/mol. The average Bonchev–Trinajstić information content (AvgIpc) is 2.89. The Morgan fingerprint density at radius 3 is 2.75 bits per heavy atom. The van der Waals surface area contributed by atoms with Gasteiger partial charge in [0.05, 0.1) is 17.2 Å². The van der Waals surface area contributed by atoms with Crippen LogP contribution in [0.15, 0.2) is 39.0 Å². The number of sulfonamides is 1. The standard InChI is InChI=1S/C13H14BrNO3S2/c1-2-9-7-10(14)3-4-11(9)15-20(17,18)13-5-6-19-12(13)8-16/h3-7,15-16H,2,8H2,1H3. The quantitative estimate of drug-likeness (QED) is 0.841. The Labute approximate surface area is 130 Å². The minimum absolute atomic E-state index is 0.134. The first kappa shape index (κ1) is 15.5. The van der Waals surface area contributed by atoms with Crippen LogP contribution in [0.4, 0.5) is 5.69 Å². The maximum absolute atomic E-state index is 12.4. The summed E-state index contributed by atoms with van der Waals surface area (Å²) in [6, 6.07) is 6.91. The Morgan fingerprint density at radius 1 is 1.35 bits per heavy atom. The van der Waals surface area contributed by atoms with Crippen LogP contribution in [0.3, 0.4) is 0 Å². The molecule has 0 radical (unpaired) electrons. The predicted molar refractivity (Wildman–Crippen MR) is 84.6 cm³/mol. The second-order valence-electron chi connectivity index (χ2n) is 4.13. The fraction of sp³-hybridized carbons (Fsp3) is 0.231. The third kappa shape index (κ3) is 3.22. The molecule has 0 atom stereocenters. The summed E-state index contributed by atoms with van der Waals surface area (Å²) in [4.78, 5) is 0.572. The molecule has 0 amide bonds. The molecule has 1 aromatic carbocycles. The van der Waals surface area contributed by atoms with Gasteiger partial charge in [-0.05, 0) is 41.6 Å². The van der Waals surface area contributed by atoms with Crippen LogP contribution < -0.4 is 4.72 Å². The molecule has 2 aromatic rings. The number of nitrogens with one attached hydrogen (secondary N) is 1. The molecule has 2 N–H and O–H groups in total. The van der Waals surface area contributed by atoms with Gasteiger partial charge >= 0.3 is 0 Å². The van der Waals surface area contributed by atoms with Crippen molar-refractivity contribution in [2.24, 2.45) is 0 Å². The molecule has 0 aliphatic rings. The maximum Gasteiger partial charge on any atom is 0.263 e. The van der Waals surface area contributed by atoms with Gasteiger partial charge in [0.2, 0.25) is 0 Å². The molecule has 4 nitrogen and oxygen atoms in total. The van der Waals surface area contributed by atoms with Gasteiger partial charge in [-0.2, -0.15) is 0 Å². The van der Waals surface area contributed by atoms with Gasteiger partial charge in [0.1, 0.15) is 4.90 Å². The third-order valence-corrected chi connectivity index (χ3v) is 5.81. The topological polar surface area (TPSA) is 66.4 Å². The first-order valence-corrected chi connectivity index (χ1v) is 9.12. The van der Waals surface area contributed by atoms with Crippen molar-refractivity contribution < 1.29 is 13.5 Å². The van der Waals surface area contributed by atoms with Crippen molar-refractivity contribution in [3.63, 3.8) is 0 Å². The highest BCUT2D eigenvalue weighted by molar-refractivity contribution is 9.10. The van der Waals surface area contributed by atoms with E-state index >= 15 is 0 Å². The Hall–Kier alpha value is -0.890. The molecule has 20 heavy (non-hydrogen) atoms. The summed E-state index contributed by atoms with van der Waals surface area (Å²) in [5.41, 5.74) is 1.47. The van der Waals surface area contributed by atoms with E-state index in [-0.39, 0.29) is 11.5 Å². The van der Waals surface area contributed by atoms with E-state index in [1.165, 1.54) is 17.4 Å². The summed E-state index contributed by atoms with van der Waals surface area (Å²) in [5.74, 6) is 0. The van der Waals surface area contributed by atoms with Crippen LogP contribution >= 0.6 is 27.3 Å². The van der Waals surface area contributed by atoms with Crippen LogP contribution in [0.1, 0.15) is 17.4 Å². The summed E-state index contributed by atoms with van der Waals surface area (Å²) >= 11 is 4.59. The zero-order valence-corrected chi connectivity index (χ0v) is 14.0. The van der Waals surface area contributed by atoms with Gasteiger partial charge in [0, 0.05) is 4.47 Å². The normalized spacial score (nSPS) is 11.6. The number of aryl methyl sites for hydroxylation is 1. The lowest BCUT2D eigenvalue weighted by Gasteiger charge is -2.12. The molecule has 108 valence electrons. The van der Waals surface area contributed by atoms with Crippen LogP contribution in [0.2, 0.25) is 0 Å². The molecule has 0 saturated carbocycles. The summed E-state index contributed by atoms with van der Waals surface area (Å²) in [5, 5.41) is 10.8. The number of halogens is 1.